The summed E-state index contributed by atoms with van der Waals surface area (Å²) in [6.07, 6.45) is 1.27. The summed E-state index contributed by atoms with van der Waals surface area (Å²) in [6.45, 7) is 3.92. The summed E-state index contributed by atoms with van der Waals surface area (Å²) in [4.78, 5) is 25.7. The molecule has 1 heterocycles. The normalized spacial score (nSPS) is 21.1. The van der Waals surface area contributed by atoms with Gasteiger partial charge in [-0.1, -0.05) is 29.8 Å². The molecule has 31 heavy (non-hydrogen) atoms. The van der Waals surface area contributed by atoms with Crippen molar-refractivity contribution < 1.29 is 19.1 Å². The number of nitrogens with one attached hydrogen (secondary N) is 1. The van der Waals surface area contributed by atoms with Crippen molar-refractivity contribution in [3.8, 4) is 11.5 Å². The molecule has 2 aromatic rings. The lowest BCUT2D eigenvalue weighted by atomic mass is 9.73. The first kappa shape index (κ1) is 21.4. The van der Waals surface area contributed by atoms with Crippen molar-refractivity contribution in [3.63, 3.8) is 0 Å². The van der Waals surface area contributed by atoms with Crippen molar-refractivity contribution in [2.45, 2.75) is 51.0 Å². The Kier molecular flexibility index (Phi) is 6.05. The average Bonchev–Trinajstić information content (AvgIpc) is 2.72. The van der Waals surface area contributed by atoms with Crippen LogP contribution in [0.2, 0.25) is 5.02 Å². The van der Waals surface area contributed by atoms with Crippen LogP contribution in [-0.4, -0.2) is 24.9 Å². The quantitative estimate of drug-likeness (QED) is 0.700. The van der Waals surface area contributed by atoms with Crippen LogP contribution in [-0.2, 0) is 9.59 Å². The van der Waals surface area contributed by atoms with Gasteiger partial charge in [0.15, 0.2) is 17.3 Å². The van der Waals surface area contributed by atoms with Gasteiger partial charge in [0.05, 0.1) is 13.2 Å². The van der Waals surface area contributed by atoms with E-state index < -0.39 is 0 Å². The summed E-state index contributed by atoms with van der Waals surface area (Å²) < 4.78 is 11.3. The molecule has 2 aliphatic rings. The maximum absolute atomic E-state index is 13.3. The number of ether oxygens (including phenoxy) is 2. The molecule has 0 aromatic heterocycles. The molecule has 0 fully saturated rings. The molecule has 162 valence electrons. The summed E-state index contributed by atoms with van der Waals surface area (Å²) >= 11 is 6.16. The summed E-state index contributed by atoms with van der Waals surface area (Å²) in [5.74, 6) is 1.02. The maximum atomic E-state index is 13.3. The summed E-state index contributed by atoms with van der Waals surface area (Å²) in [5, 5.41) is 3.56. The van der Waals surface area contributed by atoms with Gasteiger partial charge in [0.2, 0.25) is 5.91 Å². The van der Waals surface area contributed by atoms with Gasteiger partial charge >= 0.3 is 0 Å². The van der Waals surface area contributed by atoms with Crippen LogP contribution in [0.15, 0.2) is 53.7 Å². The van der Waals surface area contributed by atoms with Crippen LogP contribution in [0.3, 0.4) is 0 Å². The maximum Gasteiger partial charge on any atom is 0.225 e. The molecular weight excluding hydrogens is 414 g/mol. The van der Waals surface area contributed by atoms with Crippen LogP contribution in [0.1, 0.15) is 56.1 Å². The fourth-order valence-corrected chi connectivity index (χ4v) is 4.69. The van der Waals surface area contributed by atoms with E-state index >= 15 is 0 Å². The number of hydrogen-bond acceptors (Lipinski definition) is 4. The summed E-state index contributed by atoms with van der Waals surface area (Å²) in [7, 11) is 1.61. The minimum absolute atomic E-state index is 0.0320. The molecular formula is C25H26ClNO4. The molecule has 1 aliphatic heterocycles. The van der Waals surface area contributed by atoms with Crippen molar-refractivity contribution in [2.24, 2.45) is 0 Å². The molecule has 0 saturated heterocycles. The van der Waals surface area contributed by atoms with E-state index in [4.69, 9.17) is 21.1 Å². The molecule has 2 atom stereocenters. The largest absolute Gasteiger partial charge is 0.493 e. The third-order valence-corrected chi connectivity index (χ3v) is 6.04. The van der Waals surface area contributed by atoms with Gasteiger partial charge in [-0.15, -0.1) is 0 Å². The number of allylic oxidation sites excluding steroid dienone is 2. The Labute approximate surface area is 187 Å². The number of amides is 1. The standard InChI is InChI=1S/C25H26ClNO4/c1-14(2)31-22-8-7-15(12-23(22)30-3)17-10-20-25(21(28)11-17)19(13-24(29)27-20)16-5-4-6-18(26)9-16/h4-9,12,14,17,19H,10-11,13H2,1-3H3,(H,27,29)/t17-,19+/m1/s1. The van der Waals surface area contributed by atoms with Crippen molar-refractivity contribution in [1.82, 2.24) is 5.32 Å². The number of carbonyl (C=O) groups is 2. The number of halogens is 1. The second-order valence-electron chi connectivity index (χ2n) is 8.36. The third-order valence-electron chi connectivity index (χ3n) is 5.81. The highest BCUT2D eigenvalue weighted by Crippen LogP contribution is 2.44. The SMILES string of the molecule is COc1cc([C@H]2CC(=O)C3=C(C2)NC(=O)C[C@H]3c2cccc(Cl)c2)ccc1OC(C)C. The second-order valence-corrected chi connectivity index (χ2v) is 8.79. The van der Waals surface area contributed by atoms with Crippen LogP contribution in [0.5, 0.6) is 11.5 Å². The highest BCUT2D eigenvalue weighted by molar-refractivity contribution is 6.30. The van der Waals surface area contributed by atoms with Gasteiger partial charge in [-0.3, -0.25) is 9.59 Å². The Morgan fingerprint density at radius 3 is 2.52 bits per heavy atom. The van der Waals surface area contributed by atoms with E-state index in [-0.39, 0.29) is 36.1 Å². The lowest BCUT2D eigenvalue weighted by molar-refractivity contribution is -0.122. The Hall–Kier alpha value is -2.79. The highest BCUT2D eigenvalue weighted by Gasteiger charge is 2.38. The second kappa shape index (κ2) is 8.75. The number of ketones is 1. The van der Waals surface area contributed by atoms with E-state index in [0.717, 1.165) is 16.8 Å². The molecule has 0 saturated carbocycles. The topological polar surface area (TPSA) is 64.6 Å². The lowest BCUT2D eigenvalue weighted by Crippen LogP contribution is -2.38. The van der Waals surface area contributed by atoms with E-state index in [2.05, 4.69) is 5.32 Å². The number of hydrogen-bond donors (Lipinski definition) is 1. The minimum atomic E-state index is -0.257. The van der Waals surface area contributed by atoms with Crippen molar-refractivity contribution in [3.05, 3.63) is 69.9 Å². The Balaban J connectivity index is 1.66. The minimum Gasteiger partial charge on any atom is -0.493 e. The van der Waals surface area contributed by atoms with Crippen LogP contribution in [0.4, 0.5) is 0 Å². The molecule has 6 heteroatoms. The summed E-state index contributed by atoms with van der Waals surface area (Å²) in [5.41, 5.74) is 3.33. The van der Waals surface area contributed by atoms with Gasteiger partial charge in [-0.25, -0.2) is 0 Å². The molecule has 5 nitrogen and oxygen atoms in total. The van der Waals surface area contributed by atoms with E-state index in [9.17, 15) is 9.59 Å². The van der Waals surface area contributed by atoms with Crippen molar-refractivity contribution in [1.29, 1.82) is 0 Å². The highest BCUT2D eigenvalue weighted by atomic mass is 35.5. The zero-order chi connectivity index (χ0) is 22.1. The van der Waals surface area contributed by atoms with Crippen molar-refractivity contribution >= 4 is 23.3 Å². The molecule has 0 spiro atoms. The van der Waals surface area contributed by atoms with Crippen LogP contribution >= 0.6 is 11.6 Å². The number of Topliss-reactive ketones (excluding diaryl/α,β-unsaturated/α-hetero) is 1. The fourth-order valence-electron chi connectivity index (χ4n) is 4.49. The monoisotopic (exact) mass is 439 g/mol. The first-order valence-corrected chi connectivity index (χ1v) is 10.9. The predicted molar refractivity (Wildman–Crippen MR) is 120 cm³/mol. The van der Waals surface area contributed by atoms with Gasteiger partial charge in [0.25, 0.3) is 0 Å². The molecule has 0 bridgehead atoms. The number of rotatable bonds is 5. The third kappa shape index (κ3) is 4.47. The predicted octanol–water partition coefficient (Wildman–Crippen LogP) is 5.14. The smallest absolute Gasteiger partial charge is 0.225 e. The van der Waals surface area contributed by atoms with Gasteiger partial charge in [-0.2, -0.15) is 0 Å². The van der Waals surface area contributed by atoms with E-state index in [1.165, 1.54) is 0 Å². The number of carbonyl (C=O) groups excluding carboxylic acids is 2. The Morgan fingerprint density at radius 1 is 1.00 bits per heavy atom. The first-order valence-electron chi connectivity index (χ1n) is 10.5. The molecule has 1 aliphatic carbocycles. The summed E-state index contributed by atoms with van der Waals surface area (Å²) in [6, 6.07) is 13.2. The van der Waals surface area contributed by atoms with Gasteiger partial charge in [-0.05, 0) is 61.6 Å². The van der Waals surface area contributed by atoms with E-state index in [0.29, 0.717) is 34.9 Å². The Morgan fingerprint density at radius 2 is 1.81 bits per heavy atom. The van der Waals surface area contributed by atoms with Crippen LogP contribution in [0.25, 0.3) is 0 Å². The molecule has 1 amide bonds. The first-order chi connectivity index (χ1) is 14.9. The van der Waals surface area contributed by atoms with Gasteiger partial charge < -0.3 is 14.8 Å². The van der Waals surface area contributed by atoms with Gasteiger partial charge in [0, 0.05) is 35.1 Å². The zero-order valence-electron chi connectivity index (χ0n) is 17.9. The van der Waals surface area contributed by atoms with Crippen LogP contribution in [0, 0.1) is 0 Å². The fraction of sp³-hybridized carbons (Fsp3) is 0.360. The van der Waals surface area contributed by atoms with Gasteiger partial charge in [0.1, 0.15) is 0 Å². The zero-order valence-corrected chi connectivity index (χ0v) is 18.7. The van der Waals surface area contributed by atoms with Crippen molar-refractivity contribution in [2.75, 3.05) is 7.11 Å². The lowest BCUT2D eigenvalue weighted by Gasteiger charge is -2.34. The van der Waals surface area contributed by atoms with E-state index in [1.807, 2.05) is 50.2 Å². The molecule has 0 radical (unpaired) electrons. The molecule has 0 unspecified atom stereocenters. The van der Waals surface area contributed by atoms with Crippen LogP contribution < -0.4 is 14.8 Å². The average molecular weight is 440 g/mol. The van der Waals surface area contributed by atoms with E-state index in [1.54, 1.807) is 13.2 Å². The molecule has 4 rings (SSSR count). The Bertz CT molecular complexity index is 1060. The molecule has 1 N–H and O–H groups in total. The number of benzene rings is 2. The molecule has 2 aromatic carbocycles. The number of methoxy groups -OCH3 is 1.